The maximum atomic E-state index is 5.32. The Labute approximate surface area is 165 Å². The van der Waals surface area contributed by atoms with Gasteiger partial charge in [-0.1, -0.05) is 0 Å². The number of halogens is 1. The number of nitrogens with one attached hydrogen (secondary N) is 2. The van der Waals surface area contributed by atoms with Crippen LogP contribution in [0.1, 0.15) is 0 Å². The molecule has 0 aliphatic rings. The lowest BCUT2D eigenvalue weighted by molar-refractivity contribution is 0.355. The van der Waals surface area contributed by atoms with Gasteiger partial charge in [-0.2, -0.15) is 4.98 Å². The molecule has 3 rings (SSSR count). The summed E-state index contributed by atoms with van der Waals surface area (Å²) in [5, 5.41) is 6.42. The molecule has 3 aromatic rings. The van der Waals surface area contributed by atoms with Crippen molar-refractivity contribution in [2.45, 2.75) is 0 Å². The van der Waals surface area contributed by atoms with E-state index in [1.807, 2.05) is 42.5 Å². The van der Waals surface area contributed by atoms with Crippen LogP contribution in [0.15, 0.2) is 53.1 Å². The lowest BCUT2D eigenvalue weighted by Crippen LogP contribution is -2.02. The van der Waals surface area contributed by atoms with Crippen molar-refractivity contribution in [3.63, 3.8) is 0 Å². The third kappa shape index (κ3) is 4.59. The van der Waals surface area contributed by atoms with Gasteiger partial charge in [0.1, 0.15) is 11.6 Å². The topological polar surface area (TPSA) is 77.5 Å². The van der Waals surface area contributed by atoms with Gasteiger partial charge in [0.05, 0.1) is 25.8 Å². The third-order valence-corrected chi connectivity index (χ3v) is 4.32. The van der Waals surface area contributed by atoms with Crippen molar-refractivity contribution in [2.75, 3.05) is 32.0 Å². The van der Waals surface area contributed by atoms with Gasteiger partial charge in [0, 0.05) is 23.6 Å². The molecule has 140 valence electrons. The molecule has 1 aromatic heterocycles. The molecule has 0 unspecified atom stereocenters. The van der Waals surface area contributed by atoms with Gasteiger partial charge in [0.25, 0.3) is 0 Å². The zero-order valence-electron chi connectivity index (χ0n) is 15.1. The molecule has 2 aromatic carbocycles. The number of aromatic nitrogens is 2. The van der Waals surface area contributed by atoms with Gasteiger partial charge < -0.3 is 24.8 Å². The van der Waals surface area contributed by atoms with E-state index < -0.39 is 0 Å². The fourth-order valence-electron chi connectivity index (χ4n) is 2.37. The molecule has 0 aliphatic heterocycles. The highest BCUT2D eigenvalue weighted by molar-refractivity contribution is 9.10. The number of hydrogen-bond acceptors (Lipinski definition) is 7. The summed E-state index contributed by atoms with van der Waals surface area (Å²) in [4.78, 5) is 8.82. The molecule has 8 heteroatoms. The summed E-state index contributed by atoms with van der Waals surface area (Å²) in [5.41, 5.74) is 1.66. The van der Waals surface area contributed by atoms with Crippen LogP contribution < -0.4 is 24.8 Å². The van der Waals surface area contributed by atoms with Crippen molar-refractivity contribution in [1.82, 2.24) is 9.97 Å². The number of hydrogen-bond donors (Lipinski definition) is 2. The number of rotatable bonds is 7. The Morgan fingerprint density at radius 1 is 0.815 bits per heavy atom. The molecule has 0 amide bonds. The molecule has 0 saturated heterocycles. The summed E-state index contributed by atoms with van der Waals surface area (Å²) in [5.74, 6) is 3.15. The number of benzene rings is 2. The predicted octanol–water partition coefficient (Wildman–Crippen LogP) is 4.75. The molecule has 0 bridgehead atoms. The summed E-state index contributed by atoms with van der Waals surface area (Å²) < 4.78 is 16.5. The van der Waals surface area contributed by atoms with Crippen molar-refractivity contribution in [3.05, 3.63) is 53.1 Å². The van der Waals surface area contributed by atoms with Crippen LogP contribution in [0.4, 0.5) is 23.1 Å². The minimum Gasteiger partial charge on any atom is -0.497 e. The highest BCUT2D eigenvalue weighted by Gasteiger charge is 2.09. The van der Waals surface area contributed by atoms with Crippen molar-refractivity contribution in [2.24, 2.45) is 0 Å². The minimum atomic E-state index is 0.446. The van der Waals surface area contributed by atoms with E-state index in [-0.39, 0.29) is 0 Å². The third-order valence-electron chi connectivity index (χ3n) is 3.74. The van der Waals surface area contributed by atoms with E-state index in [2.05, 4.69) is 36.5 Å². The normalized spacial score (nSPS) is 10.2. The fourth-order valence-corrected chi connectivity index (χ4v) is 2.66. The fraction of sp³-hybridized carbons (Fsp3) is 0.158. The molecule has 2 N–H and O–H groups in total. The van der Waals surface area contributed by atoms with Crippen LogP contribution in [-0.2, 0) is 0 Å². The Bertz CT molecular complexity index is 919. The predicted molar refractivity (Wildman–Crippen MR) is 109 cm³/mol. The zero-order valence-corrected chi connectivity index (χ0v) is 16.7. The van der Waals surface area contributed by atoms with E-state index in [0.29, 0.717) is 23.3 Å². The molecule has 7 nitrogen and oxygen atoms in total. The van der Waals surface area contributed by atoms with Crippen LogP contribution in [0.3, 0.4) is 0 Å². The molecule has 0 aliphatic carbocycles. The van der Waals surface area contributed by atoms with Crippen LogP contribution in [0.2, 0.25) is 0 Å². The van der Waals surface area contributed by atoms with Crippen LogP contribution >= 0.6 is 15.9 Å². The van der Waals surface area contributed by atoms with Crippen molar-refractivity contribution in [3.8, 4) is 17.2 Å². The Balaban J connectivity index is 1.80. The van der Waals surface area contributed by atoms with Gasteiger partial charge >= 0.3 is 0 Å². The van der Waals surface area contributed by atoms with E-state index in [1.54, 1.807) is 27.5 Å². The second-order valence-electron chi connectivity index (χ2n) is 5.44. The number of ether oxygens (including phenoxy) is 3. The maximum Gasteiger partial charge on any atom is 0.229 e. The van der Waals surface area contributed by atoms with Crippen LogP contribution in [0.5, 0.6) is 17.2 Å². The van der Waals surface area contributed by atoms with Gasteiger partial charge in [0.2, 0.25) is 5.95 Å². The summed E-state index contributed by atoms with van der Waals surface area (Å²) in [6.45, 7) is 0. The van der Waals surface area contributed by atoms with Crippen LogP contribution in [0, 0.1) is 0 Å². The van der Waals surface area contributed by atoms with Crippen molar-refractivity contribution < 1.29 is 14.2 Å². The summed E-state index contributed by atoms with van der Waals surface area (Å²) in [7, 11) is 4.82. The largest absolute Gasteiger partial charge is 0.497 e. The average Bonchev–Trinajstić information content (AvgIpc) is 2.71. The monoisotopic (exact) mass is 430 g/mol. The second-order valence-corrected chi connectivity index (χ2v) is 6.29. The van der Waals surface area contributed by atoms with Gasteiger partial charge in [-0.25, -0.2) is 4.98 Å². The highest BCUT2D eigenvalue weighted by atomic mass is 79.9. The Kier molecular flexibility index (Phi) is 5.97. The quantitative estimate of drug-likeness (QED) is 0.559. The molecule has 1 heterocycles. The minimum absolute atomic E-state index is 0.446. The summed E-state index contributed by atoms with van der Waals surface area (Å²) in [6.07, 6.45) is 1.68. The Hall–Kier alpha value is -3.00. The lowest BCUT2D eigenvalue weighted by atomic mass is 10.3. The smallest absolute Gasteiger partial charge is 0.229 e. The average molecular weight is 431 g/mol. The zero-order chi connectivity index (χ0) is 19.2. The number of methoxy groups -OCH3 is 3. The van der Waals surface area contributed by atoms with Gasteiger partial charge in [-0.05, 0) is 52.3 Å². The molecule has 0 fully saturated rings. The molecule has 0 radical (unpaired) electrons. The van der Waals surface area contributed by atoms with E-state index >= 15 is 0 Å². The van der Waals surface area contributed by atoms with Gasteiger partial charge in [0.15, 0.2) is 11.5 Å². The van der Waals surface area contributed by atoms with Gasteiger partial charge in [-0.3, -0.25) is 0 Å². The molecular weight excluding hydrogens is 412 g/mol. The van der Waals surface area contributed by atoms with E-state index in [1.165, 1.54) is 0 Å². The van der Waals surface area contributed by atoms with Crippen molar-refractivity contribution >= 4 is 39.1 Å². The molecular formula is C19H19BrN4O3. The first kappa shape index (κ1) is 18.8. The Morgan fingerprint density at radius 2 is 1.52 bits per heavy atom. The van der Waals surface area contributed by atoms with Crippen LogP contribution in [0.25, 0.3) is 0 Å². The number of anilines is 4. The maximum absolute atomic E-state index is 5.32. The van der Waals surface area contributed by atoms with E-state index in [4.69, 9.17) is 14.2 Å². The molecule has 0 spiro atoms. The highest BCUT2D eigenvalue weighted by Crippen LogP contribution is 2.31. The summed E-state index contributed by atoms with van der Waals surface area (Å²) >= 11 is 3.47. The first-order chi connectivity index (χ1) is 13.1. The number of nitrogens with zero attached hydrogens (tertiary/aromatic N) is 2. The Morgan fingerprint density at radius 3 is 2.19 bits per heavy atom. The second kappa shape index (κ2) is 8.59. The summed E-state index contributed by atoms with van der Waals surface area (Å²) in [6, 6.07) is 13.1. The van der Waals surface area contributed by atoms with E-state index in [9.17, 15) is 0 Å². The van der Waals surface area contributed by atoms with E-state index in [0.717, 1.165) is 21.6 Å². The van der Waals surface area contributed by atoms with Gasteiger partial charge in [-0.15, -0.1) is 0 Å². The molecule has 0 atom stereocenters. The SMILES string of the molecule is COc1ccc(Nc2nc(Nc3ccc(OC)c(OC)c3)ncc2Br)cc1. The molecule has 0 saturated carbocycles. The molecule has 27 heavy (non-hydrogen) atoms. The van der Waals surface area contributed by atoms with Crippen LogP contribution in [-0.4, -0.2) is 31.3 Å². The van der Waals surface area contributed by atoms with Crippen molar-refractivity contribution in [1.29, 1.82) is 0 Å². The first-order valence-corrected chi connectivity index (χ1v) is 8.85. The first-order valence-electron chi connectivity index (χ1n) is 8.05. The lowest BCUT2D eigenvalue weighted by Gasteiger charge is -2.12. The standard InChI is InChI=1S/C19H19BrN4O3/c1-25-14-7-4-12(5-8-14)22-18-15(20)11-21-19(24-18)23-13-6-9-16(26-2)17(10-13)27-3/h4-11H,1-3H3,(H2,21,22,23,24).